The van der Waals surface area contributed by atoms with Gasteiger partial charge in [-0.05, 0) is 25.8 Å². The van der Waals surface area contributed by atoms with Gasteiger partial charge in [-0.2, -0.15) is 0 Å². The Kier molecular flexibility index (Phi) is 5.19. The van der Waals surface area contributed by atoms with Crippen molar-refractivity contribution in [3.63, 3.8) is 0 Å². The molecule has 1 aliphatic carbocycles. The Morgan fingerprint density at radius 1 is 1.26 bits per heavy atom. The maximum Gasteiger partial charge on any atom is 0.328 e. The van der Waals surface area contributed by atoms with Crippen LogP contribution in [0.15, 0.2) is 23.1 Å². The van der Waals surface area contributed by atoms with E-state index in [2.05, 4.69) is 5.32 Å². The van der Waals surface area contributed by atoms with E-state index in [0.717, 1.165) is 38.2 Å². The molecule has 1 aliphatic rings. The zero-order valence-electron chi connectivity index (χ0n) is 12.7. The van der Waals surface area contributed by atoms with Gasteiger partial charge in [0.2, 0.25) is 0 Å². The van der Waals surface area contributed by atoms with Crippen LogP contribution in [0.2, 0.25) is 0 Å². The lowest BCUT2D eigenvalue weighted by molar-refractivity contribution is -0.385. The molecule has 0 bridgehead atoms. The van der Waals surface area contributed by atoms with E-state index in [9.17, 15) is 23.3 Å². The normalized spacial score (nSPS) is 15.9. The molecule has 2 rings (SSSR count). The second-order valence-corrected chi connectivity index (χ2v) is 7.30. The first-order valence-electron chi connectivity index (χ1n) is 7.38. The predicted molar refractivity (Wildman–Crippen MR) is 83.6 cm³/mol. The zero-order valence-corrected chi connectivity index (χ0v) is 13.6. The second kappa shape index (κ2) is 6.95. The third-order valence-electron chi connectivity index (χ3n) is 3.86. The summed E-state index contributed by atoms with van der Waals surface area (Å²) in [7, 11) is -4.15. The average molecular weight is 341 g/mol. The smallest absolute Gasteiger partial charge is 0.328 e. The number of nitrogens with zero attached hydrogens (tertiary/aromatic N) is 1. The number of carbonyl (C=O) groups is 1. The van der Waals surface area contributed by atoms with Gasteiger partial charge in [0.25, 0.3) is 15.7 Å². The van der Waals surface area contributed by atoms with Crippen LogP contribution in [0, 0.1) is 17.0 Å². The number of aryl methyl sites for hydroxylation is 1. The number of urea groups is 1. The molecule has 1 aromatic carbocycles. The average Bonchev–Trinajstić information content (AvgIpc) is 2.47. The van der Waals surface area contributed by atoms with E-state index in [4.69, 9.17) is 0 Å². The fourth-order valence-corrected chi connectivity index (χ4v) is 3.53. The number of nitrogens with one attached hydrogen (secondary N) is 2. The third kappa shape index (κ3) is 4.41. The molecular weight excluding hydrogens is 322 g/mol. The summed E-state index contributed by atoms with van der Waals surface area (Å²) < 4.78 is 26.3. The van der Waals surface area contributed by atoms with E-state index >= 15 is 0 Å². The van der Waals surface area contributed by atoms with Crippen molar-refractivity contribution in [2.45, 2.75) is 50.0 Å². The highest BCUT2D eigenvalue weighted by atomic mass is 32.2. The summed E-state index contributed by atoms with van der Waals surface area (Å²) in [5.74, 6) is 0. The van der Waals surface area contributed by atoms with Crippen LogP contribution in [0.25, 0.3) is 0 Å². The molecule has 0 spiro atoms. The third-order valence-corrected chi connectivity index (χ3v) is 5.18. The molecule has 0 aliphatic heterocycles. The van der Waals surface area contributed by atoms with Gasteiger partial charge in [-0.25, -0.2) is 17.9 Å². The van der Waals surface area contributed by atoms with E-state index in [1.54, 1.807) is 0 Å². The van der Waals surface area contributed by atoms with Gasteiger partial charge >= 0.3 is 6.03 Å². The summed E-state index contributed by atoms with van der Waals surface area (Å²) in [5.41, 5.74) is 0.0428. The van der Waals surface area contributed by atoms with Gasteiger partial charge in [0.1, 0.15) is 0 Å². The van der Waals surface area contributed by atoms with E-state index in [1.165, 1.54) is 19.1 Å². The number of rotatable bonds is 4. The van der Waals surface area contributed by atoms with Crippen LogP contribution < -0.4 is 10.0 Å². The maximum atomic E-state index is 12.2. The number of hydrogen-bond donors (Lipinski definition) is 2. The number of sulfonamides is 1. The van der Waals surface area contributed by atoms with E-state index < -0.39 is 21.0 Å². The fourth-order valence-electron chi connectivity index (χ4n) is 2.60. The van der Waals surface area contributed by atoms with Crippen molar-refractivity contribution >= 4 is 21.7 Å². The second-order valence-electron chi connectivity index (χ2n) is 5.62. The zero-order chi connectivity index (χ0) is 17.0. The molecule has 126 valence electrons. The molecule has 0 saturated heterocycles. The van der Waals surface area contributed by atoms with Gasteiger partial charge in [0.05, 0.1) is 9.82 Å². The summed E-state index contributed by atoms with van der Waals surface area (Å²) in [6, 6.07) is 2.68. The number of nitro benzene ring substituents is 1. The maximum absolute atomic E-state index is 12.2. The Bertz CT molecular complexity index is 711. The monoisotopic (exact) mass is 341 g/mol. The van der Waals surface area contributed by atoms with Crippen molar-refractivity contribution in [3.05, 3.63) is 33.9 Å². The summed E-state index contributed by atoms with van der Waals surface area (Å²) in [4.78, 5) is 21.8. The Labute approximate surface area is 134 Å². The number of carbonyl (C=O) groups excluding carboxylic acids is 1. The van der Waals surface area contributed by atoms with Crippen LogP contribution in [0.1, 0.15) is 37.7 Å². The molecule has 2 N–H and O–H groups in total. The van der Waals surface area contributed by atoms with Gasteiger partial charge < -0.3 is 5.32 Å². The molecule has 1 fully saturated rings. The largest absolute Gasteiger partial charge is 0.335 e. The Morgan fingerprint density at radius 2 is 1.91 bits per heavy atom. The molecule has 0 unspecified atom stereocenters. The van der Waals surface area contributed by atoms with Gasteiger partial charge in [0.15, 0.2) is 0 Å². The highest BCUT2D eigenvalue weighted by Gasteiger charge is 2.23. The van der Waals surface area contributed by atoms with Crippen molar-refractivity contribution in [2.24, 2.45) is 0 Å². The molecule has 0 atom stereocenters. The molecule has 8 nitrogen and oxygen atoms in total. The number of benzene rings is 1. The Hall–Kier alpha value is -2.16. The van der Waals surface area contributed by atoms with Crippen molar-refractivity contribution in [2.75, 3.05) is 0 Å². The molecule has 0 heterocycles. The van der Waals surface area contributed by atoms with E-state index in [1.807, 2.05) is 4.72 Å². The quantitative estimate of drug-likeness (QED) is 0.643. The highest BCUT2D eigenvalue weighted by molar-refractivity contribution is 7.90. The summed E-state index contributed by atoms with van der Waals surface area (Å²) >= 11 is 0. The minimum Gasteiger partial charge on any atom is -0.335 e. The van der Waals surface area contributed by atoms with Crippen molar-refractivity contribution < 1.29 is 18.1 Å². The van der Waals surface area contributed by atoms with Gasteiger partial charge in [-0.1, -0.05) is 25.3 Å². The molecule has 1 aromatic rings. The first-order valence-corrected chi connectivity index (χ1v) is 8.86. The van der Waals surface area contributed by atoms with Crippen LogP contribution in [0.5, 0.6) is 0 Å². The summed E-state index contributed by atoms with van der Waals surface area (Å²) in [6.45, 7) is 1.51. The standard InChI is InChI=1S/C14H19N3O5S/c1-10-7-8-12(9-13(10)17(19)20)23(21,22)16-14(18)15-11-5-3-2-4-6-11/h7-9,11H,2-6H2,1H3,(H2,15,16,18). The fraction of sp³-hybridized carbons (Fsp3) is 0.500. The molecule has 0 aromatic heterocycles. The minimum atomic E-state index is -4.15. The number of amides is 2. The molecule has 9 heteroatoms. The van der Waals surface area contributed by atoms with Gasteiger partial charge in [0, 0.05) is 17.7 Å². The Morgan fingerprint density at radius 3 is 2.52 bits per heavy atom. The van der Waals surface area contributed by atoms with Crippen LogP contribution >= 0.6 is 0 Å². The van der Waals surface area contributed by atoms with Crippen LogP contribution in [0.3, 0.4) is 0 Å². The molecular formula is C14H19N3O5S. The van der Waals surface area contributed by atoms with Crippen molar-refractivity contribution in [1.82, 2.24) is 10.0 Å². The van der Waals surface area contributed by atoms with E-state index in [-0.39, 0.29) is 16.6 Å². The SMILES string of the molecule is Cc1ccc(S(=O)(=O)NC(=O)NC2CCCCC2)cc1[N+](=O)[O-]. The lowest BCUT2D eigenvalue weighted by atomic mass is 9.96. The van der Waals surface area contributed by atoms with Gasteiger partial charge in [-0.15, -0.1) is 0 Å². The predicted octanol–water partition coefficient (Wildman–Crippen LogP) is 2.22. The van der Waals surface area contributed by atoms with Crippen molar-refractivity contribution in [3.8, 4) is 0 Å². The first kappa shape index (κ1) is 17.2. The summed E-state index contributed by atoms with van der Waals surface area (Å²) in [5, 5.41) is 13.5. The van der Waals surface area contributed by atoms with E-state index in [0.29, 0.717) is 5.56 Å². The molecule has 1 saturated carbocycles. The molecule has 0 radical (unpaired) electrons. The van der Waals surface area contributed by atoms with Crippen LogP contribution in [0.4, 0.5) is 10.5 Å². The van der Waals surface area contributed by atoms with Crippen LogP contribution in [-0.4, -0.2) is 25.4 Å². The van der Waals surface area contributed by atoms with Crippen LogP contribution in [-0.2, 0) is 10.0 Å². The number of nitro groups is 1. The molecule has 2 amide bonds. The highest BCUT2D eigenvalue weighted by Crippen LogP contribution is 2.22. The Balaban J connectivity index is 2.10. The van der Waals surface area contributed by atoms with Gasteiger partial charge in [-0.3, -0.25) is 10.1 Å². The lowest BCUT2D eigenvalue weighted by Crippen LogP contribution is -2.45. The summed E-state index contributed by atoms with van der Waals surface area (Å²) in [6.07, 6.45) is 4.77. The minimum absolute atomic E-state index is 0.0358. The topological polar surface area (TPSA) is 118 Å². The van der Waals surface area contributed by atoms with Crippen molar-refractivity contribution in [1.29, 1.82) is 0 Å². The number of hydrogen-bond acceptors (Lipinski definition) is 5. The molecule has 23 heavy (non-hydrogen) atoms. The first-order chi connectivity index (χ1) is 10.8. The lowest BCUT2D eigenvalue weighted by Gasteiger charge is -2.22.